The molecule has 0 spiro atoms. The Hall–Kier alpha value is -1.07. The van der Waals surface area contributed by atoms with Crippen LogP contribution in [0.15, 0.2) is 23.2 Å². The minimum atomic E-state index is -0.000749. The molecule has 3 N–H and O–H groups in total. The van der Waals surface area contributed by atoms with Gasteiger partial charge in [-0.05, 0) is 12.1 Å². The average Bonchev–Trinajstić information content (AvgIpc) is 2.19. The molecule has 0 unspecified atom stereocenters. The maximum Gasteiger partial charge on any atom is 0.141 e. The van der Waals surface area contributed by atoms with Crippen molar-refractivity contribution in [2.75, 3.05) is 19.5 Å². The minimum absolute atomic E-state index is 0.000749. The van der Waals surface area contributed by atoms with Gasteiger partial charge in [0.15, 0.2) is 0 Å². The van der Waals surface area contributed by atoms with Crippen LogP contribution in [0.5, 0.6) is 0 Å². The van der Waals surface area contributed by atoms with Crippen molar-refractivity contribution in [2.45, 2.75) is 5.03 Å². The van der Waals surface area contributed by atoms with Crippen molar-refractivity contribution in [3.63, 3.8) is 0 Å². The summed E-state index contributed by atoms with van der Waals surface area (Å²) in [7, 11) is 1.67. The monoisotopic (exact) mass is 211 g/mol. The van der Waals surface area contributed by atoms with Crippen LogP contribution in [0.25, 0.3) is 0 Å². The van der Waals surface area contributed by atoms with Crippen molar-refractivity contribution < 1.29 is 4.74 Å². The summed E-state index contributed by atoms with van der Waals surface area (Å²) in [6, 6.07) is 5.47. The molecule has 0 aliphatic rings. The average molecular weight is 211 g/mol. The van der Waals surface area contributed by atoms with Gasteiger partial charge in [0.05, 0.1) is 11.6 Å². The molecule has 5 heteroatoms. The van der Waals surface area contributed by atoms with Gasteiger partial charge in [-0.1, -0.05) is 6.07 Å². The van der Waals surface area contributed by atoms with Gasteiger partial charge in [0.1, 0.15) is 11.5 Å². The summed E-state index contributed by atoms with van der Waals surface area (Å²) < 4.78 is 4.93. The van der Waals surface area contributed by atoms with E-state index in [0.717, 1.165) is 10.8 Å². The lowest BCUT2D eigenvalue weighted by atomic mass is 10.3. The van der Waals surface area contributed by atoms with Crippen LogP contribution in [0.2, 0.25) is 0 Å². The van der Waals surface area contributed by atoms with Crippen LogP contribution in [0.3, 0.4) is 0 Å². The Bertz CT molecular complexity index is 317. The summed E-state index contributed by atoms with van der Waals surface area (Å²) in [5, 5.41) is 8.10. The molecule has 0 bridgehead atoms. The van der Waals surface area contributed by atoms with E-state index in [-0.39, 0.29) is 5.84 Å². The van der Waals surface area contributed by atoms with Crippen LogP contribution >= 0.6 is 11.8 Å². The molecule has 0 radical (unpaired) electrons. The number of nitrogen functional groups attached to an aromatic ring is 1. The summed E-state index contributed by atoms with van der Waals surface area (Å²) in [5.74, 6) is 0.851. The number of nitrogens with one attached hydrogen (secondary N) is 1. The van der Waals surface area contributed by atoms with Crippen molar-refractivity contribution in [2.24, 2.45) is 5.73 Å². The maximum atomic E-state index is 7.23. The smallest absolute Gasteiger partial charge is 0.141 e. The third-order valence-electron chi connectivity index (χ3n) is 1.54. The molecule has 14 heavy (non-hydrogen) atoms. The Kier molecular flexibility index (Phi) is 4.42. The van der Waals surface area contributed by atoms with Crippen LogP contribution in [-0.4, -0.2) is 30.3 Å². The molecule has 0 aromatic carbocycles. The Morgan fingerprint density at radius 1 is 1.64 bits per heavy atom. The lowest BCUT2D eigenvalue weighted by molar-refractivity contribution is 0.218. The predicted molar refractivity (Wildman–Crippen MR) is 57.9 cm³/mol. The number of pyridine rings is 1. The Morgan fingerprint density at radius 3 is 3.07 bits per heavy atom. The molecule has 0 saturated carbocycles. The van der Waals surface area contributed by atoms with E-state index in [9.17, 15) is 0 Å². The number of methoxy groups -OCH3 is 1. The quantitative estimate of drug-likeness (QED) is 0.331. The molecular weight excluding hydrogens is 198 g/mol. The van der Waals surface area contributed by atoms with E-state index in [1.54, 1.807) is 24.9 Å². The number of thioether (sulfide) groups is 1. The summed E-state index contributed by atoms with van der Waals surface area (Å²) >= 11 is 1.59. The van der Waals surface area contributed by atoms with Crippen molar-refractivity contribution in [3.05, 3.63) is 23.9 Å². The van der Waals surface area contributed by atoms with Gasteiger partial charge >= 0.3 is 0 Å². The van der Waals surface area contributed by atoms with Crippen LogP contribution in [0, 0.1) is 5.41 Å². The number of nitrogens with zero attached hydrogens (tertiary/aromatic N) is 1. The summed E-state index contributed by atoms with van der Waals surface area (Å²) in [5.41, 5.74) is 5.85. The molecule has 0 atom stereocenters. The zero-order valence-corrected chi connectivity index (χ0v) is 8.80. The van der Waals surface area contributed by atoms with E-state index >= 15 is 0 Å². The van der Waals surface area contributed by atoms with Gasteiger partial charge in [-0.3, -0.25) is 5.41 Å². The molecular formula is C9H13N3OS. The molecule has 0 aliphatic heterocycles. The number of hydrogen-bond acceptors (Lipinski definition) is 4. The van der Waals surface area contributed by atoms with Gasteiger partial charge in [0.25, 0.3) is 0 Å². The van der Waals surface area contributed by atoms with Crippen molar-refractivity contribution >= 4 is 17.6 Å². The van der Waals surface area contributed by atoms with E-state index in [2.05, 4.69) is 4.98 Å². The predicted octanol–water partition coefficient (Wildman–Crippen LogP) is 1.10. The van der Waals surface area contributed by atoms with Crippen molar-refractivity contribution in [1.82, 2.24) is 4.98 Å². The Balaban J connectivity index is 2.59. The van der Waals surface area contributed by atoms with Gasteiger partial charge in [0, 0.05) is 12.9 Å². The molecule has 1 aromatic heterocycles. The number of ether oxygens (including phenoxy) is 1. The lowest BCUT2D eigenvalue weighted by Crippen LogP contribution is -2.13. The third-order valence-corrected chi connectivity index (χ3v) is 2.43. The van der Waals surface area contributed by atoms with E-state index in [1.165, 1.54) is 0 Å². The minimum Gasteiger partial charge on any atom is -0.384 e. The second-order valence-electron chi connectivity index (χ2n) is 2.62. The van der Waals surface area contributed by atoms with E-state index in [1.807, 2.05) is 12.1 Å². The normalized spacial score (nSPS) is 10.1. The van der Waals surface area contributed by atoms with E-state index < -0.39 is 0 Å². The molecule has 0 aliphatic carbocycles. The zero-order valence-electron chi connectivity index (χ0n) is 7.99. The molecule has 0 fully saturated rings. The second-order valence-corrected chi connectivity index (χ2v) is 3.73. The number of aromatic nitrogens is 1. The Labute approximate surface area is 87.4 Å². The van der Waals surface area contributed by atoms with Crippen LogP contribution < -0.4 is 5.73 Å². The highest BCUT2D eigenvalue weighted by Crippen LogP contribution is 2.14. The zero-order chi connectivity index (χ0) is 10.4. The van der Waals surface area contributed by atoms with Crippen molar-refractivity contribution in [1.29, 1.82) is 5.41 Å². The molecule has 76 valence electrons. The highest BCUT2D eigenvalue weighted by Gasteiger charge is 2.00. The van der Waals surface area contributed by atoms with E-state index in [4.69, 9.17) is 15.9 Å². The number of hydrogen-bond donors (Lipinski definition) is 2. The first kappa shape index (κ1) is 11.0. The number of nitrogens with two attached hydrogens (primary N) is 1. The van der Waals surface area contributed by atoms with Crippen LogP contribution in [0.1, 0.15) is 5.69 Å². The highest BCUT2D eigenvalue weighted by atomic mass is 32.2. The SMILES string of the molecule is COCCSc1cccc(C(=N)N)n1. The maximum absolute atomic E-state index is 7.23. The largest absolute Gasteiger partial charge is 0.384 e. The molecule has 1 rings (SSSR count). The van der Waals surface area contributed by atoms with Crippen molar-refractivity contribution in [3.8, 4) is 0 Å². The highest BCUT2D eigenvalue weighted by molar-refractivity contribution is 7.99. The van der Waals surface area contributed by atoms with Crippen LogP contribution in [-0.2, 0) is 4.74 Å². The first-order chi connectivity index (χ1) is 6.74. The number of rotatable bonds is 5. The molecule has 4 nitrogen and oxygen atoms in total. The first-order valence-corrected chi connectivity index (χ1v) is 5.16. The summed E-state index contributed by atoms with van der Waals surface area (Å²) in [6.45, 7) is 0.691. The van der Waals surface area contributed by atoms with Crippen LogP contribution in [0.4, 0.5) is 0 Å². The molecule has 1 aromatic rings. The van der Waals surface area contributed by atoms with Gasteiger partial charge in [-0.2, -0.15) is 0 Å². The lowest BCUT2D eigenvalue weighted by Gasteiger charge is -2.02. The fourth-order valence-electron chi connectivity index (χ4n) is 0.875. The van der Waals surface area contributed by atoms with Gasteiger partial charge < -0.3 is 10.5 Å². The molecule has 0 saturated heterocycles. The second kappa shape index (κ2) is 5.62. The van der Waals surface area contributed by atoms with Gasteiger partial charge in [-0.15, -0.1) is 11.8 Å². The fraction of sp³-hybridized carbons (Fsp3) is 0.333. The molecule has 1 heterocycles. The van der Waals surface area contributed by atoms with Gasteiger partial charge in [0.2, 0.25) is 0 Å². The third kappa shape index (κ3) is 3.35. The Morgan fingerprint density at radius 2 is 2.43 bits per heavy atom. The van der Waals surface area contributed by atoms with E-state index in [0.29, 0.717) is 12.3 Å². The van der Waals surface area contributed by atoms with Gasteiger partial charge in [-0.25, -0.2) is 4.98 Å². The first-order valence-electron chi connectivity index (χ1n) is 4.17. The summed E-state index contributed by atoms with van der Waals surface area (Å²) in [4.78, 5) is 4.20. The number of amidine groups is 1. The standard InChI is InChI=1S/C9H13N3OS/c1-13-5-6-14-8-4-2-3-7(12-8)9(10)11/h2-4H,5-6H2,1H3,(H3,10,11). The topological polar surface area (TPSA) is 72.0 Å². The fourth-order valence-corrected chi connectivity index (χ4v) is 1.67. The summed E-state index contributed by atoms with van der Waals surface area (Å²) in [6.07, 6.45) is 0. The molecule has 0 amide bonds.